The Kier molecular flexibility index (Phi) is 4.98. The number of ether oxygens (including phenoxy) is 1. The molecule has 0 heterocycles. The Morgan fingerprint density at radius 1 is 1.04 bits per heavy atom. The van der Waals surface area contributed by atoms with Crippen LogP contribution in [0, 0.1) is 17.3 Å². The third kappa shape index (κ3) is 4.07. The molecule has 1 saturated carbocycles. The molecule has 0 aliphatic heterocycles. The zero-order chi connectivity index (χ0) is 16.4. The van der Waals surface area contributed by atoms with Crippen LogP contribution in [0.2, 0.25) is 0 Å². The molecule has 1 nitrogen and oxygen atoms in total. The van der Waals surface area contributed by atoms with E-state index in [4.69, 9.17) is 4.74 Å². The predicted octanol–water partition coefficient (Wildman–Crippen LogP) is 6.92. The van der Waals surface area contributed by atoms with E-state index in [1.807, 2.05) is 36.4 Å². The van der Waals surface area contributed by atoms with Gasteiger partial charge in [-0.3, -0.25) is 0 Å². The first kappa shape index (κ1) is 16.8. The Hall–Kier alpha value is -1.06. The molecule has 3 heteroatoms. The van der Waals surface area contributed by atoms with Crippen LogP contribution < -0.4 is 4.74 Å². The highest BCUT2D eigenvalue weighted by molar-refractivity contribution is 9.28. The van der Waals surface area contributed by atoms with Crippen molar-refractivity contribution >= 4 is 31.9 Å². The number of hydrogen-bond acceptors (Lipinski definition) is 1. The summed E-state index contributed by atoms with van der Waals surface area (Å²) in [5.41, 5.74) is 1.68. The molecule has 0 unspecified atom stereocenters. The third-order valence-electron chi connectivity index (χ3n) is 4.78. The van der Waals surface area contributed by atoms with Gasteiger partial charge in [0, 0.05) is 0 Å². The fourth-order valence-corrected chi connectivity index (χ4v) is 3.83. The lowest BCUT2D eigenvalue weighted by atomic mass is 10.0. The summed E-state index contributed by atoms with van der Waals surface area (Å²) in [6.45, 7) is 4.68. The van der Waals surface area contributed by atoms with Crippen LogP contribution in [0.1, 0.15) is 19.4 Å². The van der Waals surface area contributed by atoms with Gasteiger partial charge in [0.25, 0.3) is 0 Å². The first-order chi connectivity index (χ1) is 11.0. The number of allylic oxidation sites excluding steroid dienone is 1. The highest BCUT2D eigenvalue weighted by Gasteiger charge is 2.55. The molecule has 120 valence electrons. The van der Waals surface area contributed by atoms with Gasteiger partial charge in [-0.1, -0.05) is 50.3 Å². The average Bonchev–Trinajstić information content (AvgIpc) is 3.00. The monoisotopic (exact) mass is 434 g/mol. The molecule has 1 aliphatic rings. The molecule has 0 bridgehead atoms. The van der Waals surface area contributed by atoms with E-state index in [0.717, 1.165) is 21.3 Å². The van der Waals surface area contributed by atoms with Gasteiger partial charge in [-0.2, -0.15) is 0 Å². The van der Waals surface area contributed by atoms with Crippen molar-refractivity contribution < 1.29 is 4.74 Å². The van der Waals surface area contributed by atoms with Crippen LogP contribution in [0.15, 0.2) is 64.1 Å². The van der Waals surface area contributed by atoms with E-state index >= 15 is 0 Å². The minimum atomic E-state index is 0.350. The van der Waals surface area contributed by atoms with Crippen LogP contribution in [0.4, 0.5) is 0 Å². The SMILES string of the molecule is CC1(C)[C@H](C=C(Br)Br)[C@H]1Cc1cccc(Oc2ccccc2)c1. The lowest BCUT2D eigenvalue weighted by Crippen LogP contribution is -1.95. The molecule has 3 rings (SSSR count). The zero-order valence-electron chi connectivity index (χ0n) is 13.3. The number of rotatable bonds is 5. The molecule has 0 N–H and O–H groups in total. The smallest absolute Gasteiger partial charge is 0.127 e. The van der Waals surface area contributed by atoms with E-state index in [0.29, 0.717) is 17.3 Å². The molecule has 23 heavy (non-hydrogen) atoms. The number of halogens is 2. The normalized spacial score (nSPS) is 21.6. The molecule has 0 radical (unpaired) electrons. The molecular weight excluding hydrogens is 416 g/mol. The molecule has 0 saturated heterocycles. The molecular formula is C20H20Br2O. The van der Waals surface area contributed by atoms with Crippen molar-refractivity contribution in [1.82, 2.24) is 0 Å². The summed E-state index contributed by atoms with van der Waals surface area (Å²) in [5.74, 6) is 3.05. The third-order valence-corrected chi connectivity index (χ3v) is 5.31. The Bertz CT molecular complexity index is 703. The molecule has 2 atom stereocenters. The Labute approximate surface area is 155 Å². The van der Waals surface area contributed by atoms with Crippen molar-refractivity contribution in [3.63, 3.8) is 0 Å². The van der Waals surface area contributed by atoms with Gasteiger partial charge in [-0.15, -0.1) is 0 Å². The molecule has 1 aliphatic carbocycles. The lowest BCUT2D eigenvalue weighted by molar-refractivity contribution is 0.481. The predicted molar refractivity (Wildman–Crippen MR) is 103 cm³/mol. The molecule has 2 aromatic carbocycles. The Morgan fingerprint density at radius 3 is 2.43 bits per heavy atom. The second-order valence-electron chi connectivity index (χ2n) is 6.68. The zero-order valence-corrected chi connectivity index (χ0v) is 16.5. The second kappa shape index (κ2) is 6.82. The Morgan fingerprint density at radius 2 is 1.74 bits per heavy atom. The minimum absolute atomic E-state index is 0.350. The van der Waals surface area contributed by atoms with E-state index in [2.05, 4.69) is 70.0 Å². The summed E-state index contributed by atoms with van der Waals surface area (Å²) >= 11 is 6.97. The quantitative estimate of drug-likeness (QED) is 0.494. The van der Waals surface area contributed by atoms with Crippen LogP contribution in [0.25, 0.3) is 0 Å². The number of para-hydroxylation sites is 1. The minimum Gasteiger partial charge on any atom is -0.457 e. The summed E-state index contributed by atoms with van der Waals surface area (Å²) < 4.78 is 6.99. The molecule has 0 spiro atoms. The van der Waals surface area contributed by atoms with Gasteiger partial charge in [-0.25, -0.2) is 0 Å². The standard InChI is InChI=1S/C20H20Br2O/c1-20(2)17(18(20)13-19(21)22)12-14-7-6-10-16(11-14)23-15-8-4-3-5-9-15/h3-11,13,17-18H,12H2,1-2H3/t17-,18-/m1/s1. The van der Waals surface area contributed by atoms with Crippen LogP contribution in [-0.2, 0) is 6.42 Å². The largest absolute Gasteiger partial charge is 0.457 e. The van der Waals surface area contributed by atoms with Gasteiger partial charge in [-0.05, 0) is 85.4 Å². The van der Waals surface area contributed by atoms with Crippen molar-refractivity contribution in [3.8, 4) is 11.5 Å². The maximum atomic E-state index is 5.94. The maximum Gasteiger partial charge on any atom is 0.127 e. The van der Waals surface area contributed by atoms with Crippen molar-refractivity contribution in [2.24, 2.45) is 17.3 Å². The molecule has 0 aromatic heterocycles. The highest BCUT2D eigenvalue weighted by Crippen LogP contribution is 2.61. The highest BCUT2D eigenvalue weighted by atomic mass is 79.9. The van der Waals surface area contributed by atoms with E-state index < -0.39 is 0 Å². The summed E-state index contributed by atoms with van der Waals surface area (Å²) in [4.78, 5) is 0. The van der Waals surface area contributed by atoms with Gasteiger partial charge in [0.1, 0.15) is 11.5 Å². The van der Waals surface area contributed by atoms with Crippen LogP contribution in [0.3, 0.4) is 0 Å². The number of benzene rings is 2. The fraction of sp³-hybridized carbons (Fsp3) is 0.300. The number of hydrogen-bond donors (Lipinski definition) is 0. The summed E-state index contributed by atoms with van der Waals surface area (Å²) in [6, 6.07) is 18.4. The lowest BCUT2D eigenvalue weighted by Gasteiger charge is -2.08. The van der Waals surface area contributed by atoms with Crippen molar-refractivity contribution in [1.29, 1.82) is 0 Å². The van der Waals surface area contributed by atoms with Gasteiger partial charge in [0.05, 0.1) is 3.39 Å². The van der Waals surface area contributed by atoms with Crippen molar-refractivity contribution in [2.45, 2.75) is 20.3 Å². The van der Waals surface area contributed by atoms with E-state index in [-0.39, 0.29) is 0 Å². The van der Waals surface area contributed by atoms with Crippen LogP contribution >= 0.6 is 31.9 Å². The molecule has 0 amide bonds. The Balaban J connectivity index is 1.70. The average molecular weight is 436 g/mol. The van der Waals surface area contributed by atoms with Crippen molar-refractivity contribution in [3.05, 3.63) is 69.6 Å². The fourth-order valence-electron chi connectivity index (χ4n) is 3.26. The van der Waals surface area contributed by atoms with Crippen LogP contribution in [0.5, 0.6) is 11.5 Å². The second-order valence-corrected chi connectivity index (χ2v) is 9.45. The molecule has 2 aromatic rings. The van der Waals surface area contributed by atoms with Gasteiger partial charge in [0.15, 0.2) is 0 Å². The first-order valence-electron chi connectivity index (χ1n) is 7.81. The van der Waals surface area contributed by atoms with E-state index in [9.17, 15) is 0 Å². The summed E-state index contributed by atoms with van der Waals surface area (Å²) in [7, 11) is 0. The van der Waals surface area contributed by atoms with Crippen LogP contribution in [-0.4, -0.2) is 0 Å². The van der Waals surface area contributed by atoms with Gasteiger partial charge in [0.2, 0.25) is 0 Å². The van der Waals surface area contributed by atoms with Crippen molar-refractivity contribution in [2.75, 3.05) is 0 Å². The van der Waals surface area contributed by atoms with Gasteiger partial charge < -0.3 is 4.74 Å². The summed E-state index contributed by atoms with van der Waals surface area (Å²) in [5, 5.41) is 0. The molecule has 1 fully saturated rings. The van der Waals surface area contributed by atoms with Gasteiger partial charge >= 0.3 is 0 Å². The summed E-state index contributed by atoms with van der Waals surface area (Å²) in [6.07, 6.45) is 3.35. The maximum absolute atomic E-state index is 5.94. The topological polar surface area (TPSA) is 9.23 Å². The first-order valence-corrected chi connectivity index (χ1v) is 9.40. The van der Waals surface area contributed by atoms with E-state index in [1.165, 1.54) is 5.56 Å². The van der Waals surface area contributed by atoms with E-state index in [1.54, 1.807) is 0 Å².